The number of fused-ring (bicyclic) bond motifs is 1. The van der Waals surface area contributed by atoms with Crippen LogP contribution in [0.4, 0.5) is 5.82 Å². The van der Waals surface area contributed by atoms with Gasteiger partial charge in [0.1, 0.15) is 5.65 Å². The van der Waals surface area contributed by atoms with Crippen molar-refractivity contribution in [2.24, 2.45) is 0 Å². The number of aryl methyl sites for hydroxylation is 1. The molecule has 1 aliphatic heterocycles. The van der Waals surface area contributed by atoms with Crippen molar-refractivity contribution in [3.63, 3.8) is 0 Å². The Labute approximate surface area is 163 Å². The Balaban J connectivity index is 1.20. The minimum absolute atomic E-state index is 0.738. The number of imidazole rings is 1. The molecule has 0 unspecified atom stereocenters. The van der Waals surface area contributed by atoms with Crippen LogP contribution in [0.1, 0.15) is 11.4 Å². The molecular weight excluding hydrogens is 352 g/mol. The summed E-state index contributed by atoms with van der Waals surface area (Å²) in [5.41, 5.74) is 3.07. The van der Waals surface area contributed by atoms with Gasteiger partial charge in [0.25, 0.3) is 0 Å². The van der Waals surface area contributed by atoms with Gasteiger partial charge in [0.05, 0.1) is 11.4 Å². The van der Waals surface area contributed by atoms with Crippen molar-refractivity contribution in [2.75, 3.05) is 31.1 Å². The van der Waals surface area contributed by atoms with Gasteiger partial charge in [-0.25, -0.2) is 9.67 Å². The first-order chi connectivity index (χ1) is 13.7. The molecule has 28 heavy (non-hydrogen) atoms. The Morgan fingerprint density at radius 1 is 0.893 bits per heavy atom. The fraction of sp³-hybridized carbons (Fsp3) is 0.300. The second-order valence-corrected chi connectivity index (χ2v) is 7.11. The summed E-state index contributed by atoms with van der Waals surface area (Å²) in [6, 6.07) is 12.0. The predicted octanol–water partition coefficient (Wildman–Crippen LogP) is 1.94. The molecular formula is C20H22N8. The van der Waals surface area contributed by atoms with Crippen LogP contribution in [0.25, 0.3) is 11.5 Å². The first-order valence-electron chi connectivity index (χ1n) is 9.51. The Kier molecular flexibility index (Phi) is 4.25. The highest BCUT2D eigenvalue weighted by Gasteiger charge is 2.19. The number of hydrogen-bond donors (Lipinski definition) is 0. The number of aromatic nitrogens is 6. The van der Waals surface area contributed by atoms with Crippen molar-refractivity contribution < 1.29 is 0 Å². The third-order valence-corrected chi connectivity index (χ3v) is 5.09. The van der Waals surface area contributed by atoms with Crippen molar-refractivity contribution in [2.45, 2.75) is 13.5 Å². The first kappa shape index (κ1) is 16.9. The van der Waals surface area contributed by atoms with E-state index in [1.807, 2.05) is 55.7 Å². The molecule has 0 radical (unpaired) electrons. The molecule has 8 heteroatoms. The van der Waals surface area contributed by atoms with E-state index in [0.717, 1.165) is 61.4 Å². The van der Waals surface area contributed by atoms with Gasteiger partial charge in [-0.05, 0) is 37.3 Å². The van der Waals surface area contributed by atoms with Crippen molar-refractivity contribution in [1.82, 2.24) is 34.3 Å². The summed E-state index contributed by atoms with van der Waals surface area (Å²) in [6.07, 6.45) is 6.05. The smallest absolute Gasteiger partial charge is 0.175 e. The zero-order valence-corrected chi connectivity index (χ0v) is 15.8. The lowest BCUT2D eigenvalue weighted by Crippen LogP contribution is -2.46. The summed E-state index contributed by atoms with van der Waals surface area (Å²) in [7, 11) is 0. The molecule has 0 amide bonds. The summed E-state index contributed by atoms with van der Waals surface area (Å²) < 4.78 is 3.82. The van der Waals surface area contributed by atoms with Crippen LogP contribution in [0, 0.1) is 6.92 Å². The van der Waals surface area contributed by atoms with Crippen molar-refractivity contribution >= 4 is 11.5 Å². The molecule has 5 heterocycles. The van der Waals surface area contributed by atoms with Crippen LogP contribution >= 0.6 is 0 Å². The molecule has 0 spiro atoms. The van der Waals surface area contributed by atoms with Gasteiger partial charge in [0.15, 0.2) is 11.6 Å². The Morgan fingerprint density at radius 2 is 1.71 bits per heavy atom. The maximum Gasteiger partial charge on any atom is 0.175 e. The number of rotatable bonds is 4. The molecule has 0 bridgehead atoms. The van der Waals surface area contributed by atoms with Gasteiger partial charge in [-0.3, -0.25) is 4.90 Å². The molecule has 0 saturated carbocycles. The van der Waals surface area contributed by atoms with Gasteiger partial charge < -0.3 is 9.30 Å². The van der Waals surface area contributed by atoms with Gasteiger partial charge in [0, 0.05) is 51.3 Å². The highest BCUT2D eigenvalue weighted by Crippen LogP contribution is 2.16. The van der Waals surface area contributed by atoms with Crippen LogP contribution in [0.2, 0.25) is 0 Å². The highest BCUT2D eigenvalue weighted by atomic mass is 15.4. The highest BCUT2D eigenvalue weighted by molar-refractivity contribution is 5.41. The van der Waals surface area contributed by atoms with Gasteiger partial charge in [0.2, 0.25) is 0 Å². The standard InChI is InChI=1S/C20H22N8/c1-16-7-9-28(24-16)20-6-5-19(22-23-20)26-12-10-25(11-13-26)14-17-15-27-8-3-2-4-18(27)21-17/h2-9,15H,10-14H2,1H3. The summed E-state index contributed by atoms with van der Waals surface area (Å²) in [4.78, 5) is 9.42. The average Bonchev–Trinajstić information content (AvgIpc) is 3.34. The molecule has 0 N–H and O–H groups in total. The zero-order valence-electron chi connectivity index (χ0n) is 15.8. The van der Waals surface area contributed by atoms with E-state index >= 15 is 0 Å². The third-order valence-electron chi connectivity index (χ3n) is 5.09. The largest absolute Gasteiger partial charge is 0.353 e. The first-order valence-corrected chi connectivity index (χ1v) is 9.51. The van der Waals surface area contributed by atoms with E-state index in [9.17, 15) is 0 Å². The van der Waals surface area contributed by atoms with E-state index < -0.39 is 0 Å². The molecule has 5 rings (SSSR count). The van der Waals surface area contributed by atoms with E-state index in [1.54, 1.807) is 4.68 Å². The number of hydrogen-bond acceptors (Lipinski definition) is 6. The van der Waals surface area contributed by atoms with Crippen LogP contribution < -0.4 is 4.90 Å². The van der Waals surface area contributed by atoms with Gasteiger partial charge in [-0.1, -0.05) is 6.07 Å². The quantitative estimate of drug-likeness (QED) is 0.544. The van der Waals surface area contributed by atoms with Gasteiger partial charge >= 0.3 is 0 Å². The summed E-state index contributed by atoms with van der Waals surface area (Å²) in [6.45, 7) is 6.67. The minimum atomic E-state index is 0.738. The number of piperazine rings is 1. The predicted molar refractivity (Wildman–Crippen MR) is 107 cm³/mol. The number of anilines is 1. The van der Waals surface area contributed by atoms with Gasteiger partial charge in [-0.15, -0.1) is 10.2 Å². The molecule has 1 saturated heterocycles. The van der Waals surface area contributed by atoms with Crippen LogP contribution in [0.3, 0.4) is 0 Å². The monoisotopic (exact) mass is 374 g/mol. The van der Waals surface area contributed by atoms with Crippen LogP contribution in [-0.4, -0.2) is 60.4 Å². The lowest BCUT2D eigenvalue weighted by Gasteiger charge is -2.34. The second kappa shape index (κ2) is 7.05. The van der Waals surface area contributed by atoms with Crippen LogP contribution in [0.5, 0.6) is 0 Å². The molecule has 0 atom stereocenters. The van der Waals surface area contributed by atoms with E-state index in [0.29, 0.717) is 0 Å². The molecule has 142 valence electrons. The molecule has 4 aromatic rings. The lowest BCUT2D eigenvalue weighted by atomic mass is 10.3. The summed E-state index contributed by atoms with van der Waals surface area (Å²) >= 11 is 0. The summed E-state index contributed by atoms with van der Waals surface area (Å²) in [5, 5.41) is 13.1. The topological polar surface area (TPSA) is 67.4 Å². The van der Waals surface area contributed by atoms with Crippen molar-refractivity contribution in [1.29, 1.82) is 0 Å². The van der Waals surface area contributed by atoms with Crippen molar-refractivity contribution in [3.8, 4) is 5.82 Å². The van der Waals surface area contributed by atoms with Crippen molar-refractivity contribution in [3.05, 3.63) is 66.4 Å². The number of nitrogens with zero attached hydrogens (tertiary/aromatic N) is 8. The normalized spacial score (nSPS) is 15.4. The molecule has 8 nitrogen and oxygen atoms in total. The van der Waals surface area contributed by atoms with Gasteiger partial charge in [-0.2, -0.15) is 5.10 Å². The molecule has 1 fully saturated rings. The van der Waals surface area contributed by atoms with E-state index in [2.05, 4.69) is 35.7 Å². The van der Waals surface area contributed by atoms with Crippen LogP contribution in [-0.2, 0) is 6.54 Å². The maximum atomic E-state index is 4.70. The SMILES string of the molecule is Cc1ccn(-c2ccc(N3CCN(Cc4cn5ccccc5n4)CC3)nn2)n1. The maximum absolute atomic E-state index is 4.70. The average molecular weight is 374 g/mol. The van der Waals surface area contributed by atoms with E-state index in [1.165, 1.54) is 0 Å². The number of pyridine rings is 1. The molecule has 1 aliphatic rings. The lowest BCUT2D eigenvalue weighted by molar-refractivity contribution is 0.247. The Bertz CT molecular complexity index is 1040. The molecule has 0 aromatic carbocycles. The summed E-state index contributed by atoms with van der Waals surface area (Å²) in [5.74, 6) is 1.65. The second-order valence-electron chi connectivity index (χ2n) is 7.11. The van der Waals surface area contributed by atoms with E-state index in [4.69, 9.17) is 4.98 Å². The minimum Gasteiger partial charge on any atom is -0.353 e. The third kappa shape index (κ3) is 3.34. The molecule has 4 aromatic heterocycles. The fourth-order valence-electron chi connectivity index (χ4n) is 3.58. The van der Waals surface area contributed by atoms with Crippen LogP contribution in [0.15, 0.2) is 55.0 Å². The van der Waals surface area contributed by atoms with E-state index in [-0.39, 0.29) is 0 Å². The fourth-order valence-corrected chi connectivity index (χ4v) is 3.58. The molecule has 0 aliphatic carbocycles. The Hall–Kier alpha value is -3.26. The Morgan fingerprint density at radius 3 is 2.43 bits per heavy atom. The zero-order chi connectivity index (χ0) is 18.9.